The van der Waals surface area contributed by atoms with Crippen molar-refractivity contribution in [2.75, 3.05) is 78.4 Å². The van der Waals surface area contributed by atoms with Crippen LogP contribution in [-0.2, 0) is 59.1 Å². The maximum absolute atomic E-state index is 12.4. The molecular weight excluding hydrogens is 842 g/mol. The van der Waals surface area contributed by atoms with Crippen LogP contribution in [0.1, 0.15) is 90.0 Å². The number of benzene rings is 2. The van der Waals surface area contributed by atoms with Gasteiger partial charge in [0.2, 0.25) is 5.36 Å². The summed E-state index contributed by atoms with van der Waals surface area (Å²) >= 11 is 0. The summed E-state index contributed by atoms with van der Waals surface area (Å²) in [6, 6.07) is 12.7. The van der Waals surface area contributed by atoms with E-state index in [4.69, 9.17) is 28.2 Å². The van der Waals surface area contributed by atoms with Crippen molar-refractivity contribution in [3.8, 4) is 11.3 Å². The minimum absolute atomic E-state index is 0. The van der Waals surface area contributed by atoms with Gasteiger partial charge in [-0.2, -0.15) is 0 Å². The molecule has 17 heteroatoms. The van der Waals surface area contributed by atoms with Crippen LogP contribution >= 0.6 is 0 Å². The predicted molar refractivity (Wildman–Crippen MR) is 232 cm³/mol. The van der Waals surface area contributed by atoms with E-state index in [9.17, 15) is 27.4 Å². The summed E-state index contributed by atoms with van der Waals surface area (Å²) in [6.45, 7) is 15.1. The molecule has 4 aliphatic rings. The number of unbranched alkanes of at least 4 members (excludes halogenated alkanes) is 2. The Hall–Kier alpha value is -3.71. The summed E-state index contributed by atoms with van der Waals surface area (Å²) in [5, 5.41) is 1.52. The minimum Gasteiger partial charge on any atom is -0.744 e. The average molecular weight is 903 g/mol. The van der Waals surface area contributed by atoms with Crippen LogP contribution in [-0.4, -0.2) is 109 Å². The molecule has 0 spiro atoms. The zero-order valence-electron chi connectivity index (χ0n) is 38.0. The van der Waals surface area contributed by atoms with Gasteiger partial charge in [-0.15, -0.1) is 5.06 Å². The van der Waals surface area contributed by atoms with Crippen molar-refractivity contribution in [1.29, 1.82) is 0 Å². The number of allylic oxidation sites excluding steroid dienone is 3. The van der Waals surface area contributed by atoms with Crippen molar-refractivity contribution in [1.82, 2.24) is 9.64 Å². The number of hydrogen-bond donors (Lipinski definition) is 0. The van der Waals surface area contributed by atoms with Gasteiger partial charge in [-0.05, 0) is 60.4 Å². The van der Waals surface area contributed by atoms with E-state index in [2.05, 4.69) is 54.5 Å². The quantitative estimate of drug-likeness (QED) is 0.0473. The fraction of sp³-hybridized carbons (Fsp3) is 0.522. The van der Waals surface area contributed by atoms with Crippen LogP contribution < -0.4 is 44.4 Å². The number of rotatable bonds is 22. The summed E-state index contributed by atoms with van der Waals surface area (Å²) in [6.07, 6.45) is 7.90. The van der Waals surface area contributed by atoms with Crippen LogP contribution in [0.2, 0.25) is 0 Å². The first-order valence-electron chi connectivity index (χ1n) is 21.1. The van der Waals surface area contributed by atoms with E-state index in [-0.39, 0.29) is 59.1 Å². The second-order valence-electron chi connectivity index (χ2n) is 16.9. The molecule has 0 atom stereocenters. The molecular formula is C46H61N3NaO12S+. The summed E-state index contributed by atoms with van der Waals surface area (Å²) in [5.74, 6) is -0.163. The van der Waals surface area contributed by atoms with Gasteiger partial charge in [0.15, 0.2) is 13.1 Å². The number of imide groups is 1. The number of hydrogen-bond acceptors (Lipinski definition) is 13. The van der Waals surface area contributed by atoms with Gasteiger partial charge >= 0.3 is 35.5 Å². The Kier molecular flexibility index (Phi) is 19.3. The molecule has 1 aliphatic carbocycles. The van der Waals surface area contributed by atoms with Crippen molar-refractivity contribution in [3.63, 3.8) is 0 Å². The van der Waals surface area contributed by atoms with Gasteiger partial charge in [-0.3, -0.25) is 9.59 Å². The van der Waals surface area contributed by atoms with Crippen molar-refractivity contribution in [3.05, 3.63) is 82.6 Å². The van der Waals surface area contributed by atoms with Gasteiger partial charge in [0.25, 0.3) is 11.8 Å². The Morgan fingerprint density at radius 2 is 1.54 bits per heavy atom. The number of carbonyl (C=O) groups excluding carboxylic acids is 3. The van der Waals surface area contributed by atoms with E-state index in [1.54, 1.807) is 20.3 Å². The number of hydroxylamine groups is 2. The Bertz CT molecular complexity index is 2250. The van der Waals surface area contributed by atoms with Crippen LogP contribution in [0.15, 0.2) is 69.6 Å². The topological polar surface area (TPSA) is 177 Å². The van der Waals surface area contributed by atoms with Crippen molar-refractivity contribution in [2.24, 2.45) is 0 Å². The molecule has 0 saturated carbocycles. The van der Waals surface area contributed by atoms with Crippen LogP contribution in [0, 0.1) is 0 Å². The summed E-state index contributed by atoms with van der Waals surface area (Å²) in [5.41, 5.74) is 3.27. The fourth-order valence-electron chi connectivity index (χ4n) is 7.43. The zero-order valence-corrected chi connectivity index (χ0v) is 40.8. The van der Waals surface area contributed by atoms with E-state index in [1.165, 1.54) is 12.1 Å². The SMILES string of the molecule is COCCOCC[N+](CCOCCOC)=c1ccc2c(/C=C/C=C3/N(CCCCCC(=O)ON4C(=O)CCC4=O)c4ccc(S(=O)(=O)[O-])cc4C3(C)C)cc(C(C)(C)C)oc-2c1.[Na+]. The molecule has 1 aromatic carbocycles. The second-order valence-corrected chi connectivity index (χ2v) is 18.3. The molecule has 0 unspecified atom stereocenters. The Morgan fingerprint density at radius 1 is 0.889 bits per heavy atom. The molecule has 1 aromatic rings. The largest absolute Gasteiger partial charge is 1.00 e. The van der Waals surface area contributed by atoms with Crippen LogP contribution in [0.3, 0.4) is 0 Å². The number of fused-ring (bicyclic) bond motifs is 2. The molecule has 1 fully saturated rings. The number of nitrogens with zero attached hydrogens (tertiary/aromatic N) is 3. The molecule has 0 N–H and O–H groups in total. The fourth-order valence-corrected chi connectivity index (χ4v) is 7.93. The van der Waals surface area contributed by atoms with Gasteiger partial charge in [0, 0.05) is 73.9 Å². The number of ether oxygens (including phenoxy) is 4. The van der Waals surface area contributed by atoms with Gasteiger partial charge in [-0.1, -0.05) is 53.2 Å². The molecule has 2 amide bonds. The van der Waals surface area contributed by atoms with Crippen LogP contribution in [0.5, 0.6) is 0 Å². The van der Waals surface area contributed by atoms with Crippen LogP contribution in [0.25, 0.3) is 17.4 Å². The van der Waals surface area contributed by atoms with Crippen molar-refractivity contribution in [2.45, 2.75) is 88.9 Å². The number of anilines is 1. The molecule has 3 heterocycles. The summed E-state index contributed by atoms with van der Waals surface area (Å²) in [7, 11) is -1.41. The summed E-state index contributed by atoms with van der Waals surface area (Å²) < 4.78 is 67.0. The molecule has 1 saturated heterocycles. The average Bonchev–Trinajstić information content (AvgIpc) is 3.64. The molecule has 15 nitrogen and oxygen atoms in total. The van der Waals surface area contributed by atoms with E-state index < -0.39 is 33.3 Å². The Labute approximate surface area is 393 Å². The van der Waals surface area contributed by atoms with Gasteiger partial charge < -0.3 is 37.7 Å². The van der Waals surface area contributed by atoms with Gasteiger partial charge in [-0.25, -0.2) is 17.8 Å². The predicted octanol–water partition coefficient (Wildman–Crippen LogP) is 2.55. The third-order valence-corrected chi connectivity index (χ3v) is 11.7. The number of carbonyl (C=O) groups is 3. The molecule has 338 valence electrons. The van der Waals surface area contributed by atoms with E-state index in [0.29, 0.717) is 89.2 Å². The minimum atomic E-state index is -4.70. The van der Waals surface area contributed by atoms with Gasteiger partial charge in [0.1, 0.15) is 34.9 Å². The first-order chi connectivity index (χ1) is 29.4. The van der Waals surface area contributed by atoms with E-state index in [0.717, 1.165) is 39.4 Å². The number of amides is 2. The Morgan fingerprint density at radius 3 is 2.14 bits per heavy atom. The standard InChI is InChI=1S/C46H61N3O12S.Na/c1-45(2,3)41-30-33(36-17-15-34(31-39(36)60-41)47(22-24-58-28-26-56-6)23-25-59-29-27-57-7)12-11-13-40-46(4,5)37-32-35(62(53,54)55)16-18-38(37)48(40)21-10-8-9-14-44(52)61-49-42(50)19-20-43(49)51;/h11-13,15-18,30-32H,8-10,14,19-29H2,1-7H3;/q;+1. The third-order valence-electron chi connectivity index (χ3n) is 10.9. The zero-order chi connectivity index (χ0) is 45.1. The first-order valence-corrected chi connectivity index (χ1v) is 22.5. The molecule has 5 rings (SSSR count). The normalized spacial score (nSPS) is 15.8. The second kappa shape index (κ2) is 23.5. The smallest absolute Gasteiger partial charge is 0.744 e. The first kappa shape index (κ1) is 51.9. The van der Waals surface area contributed by atoms with Gasteiger partial charge in [0.05, 0.1) is 37.4 Å². The monoisotopic (exact) mass is 902 g/mol. The summed E-state index contributed by atoms with van der Waals surface area (Å²) in [4.78, 5) is 43.0. The van der Waals surface area contributed by atoms with E-state index in [1.807, 2.05) is 32.1 Å². The van der Waals surface area contributed by atoms with Crippen LogP contribution in [0.4, 0.5) is 5.69 Å². The molecule has 0 aromatic heterocycles. The molecule has 0 radical (unpaired) electrons. The maximum Gasteiger partial charge on any atom is 1.00 e. The molecule has 0 bridgehead atoms. The van der Waals surface area contributed by atoms with Crippen molar-refractivity contribution >= 4 is 39.7 Å². The third kappa shape index (κ3) is 13.9. The Balaban J connectivity index is 0.00000871. The molecule has 3 aliphatic heterocycles. The maximum atomic E-state index is 12.4. The molecule has 63 heavy (non-hydrogen) atoms. The van der Waals surface area contributed by atoms with Crippen molar-refractivity contribution < 1.29 is 85.1 Å². The van der Waals surface area contributed by atoms with E-state index >= 15 is 0 Å². The number of methoxy groups -OCH3 is 2.